The lowest BCUT2D eigenvalue weighted by molar-refractivity contribution is 0.217. The minimum absolute atomic E-state index is 0.269. The van der Waals surface area contributed by atoms with E-state index in [0.717, 1.165) is 18.9 Å². The van der Waals surface area contributed by atoms with Gasteiger partial charge in [0.15, 0.2) is 0 Å². The SMILES string of the molecule is CNC(CCO)CN(C)CC1CCN(C)C1. The minimum atomic E-state index is 0.269. The van der Waals surface area contributed by atoms with Crippen LogP contribution in [-0.2, 0) is 0 Å². The van der Waals surface area contributed by atoms with Gasteiger partial charge in [-0.3, -0.25) is 0 Å². The summed E-state index contributed by atoms with van der Waals surface area (Å²) in [6.07, 6.45) is 2.16. The van der Waals surface area contributed by atoms with Gasteiger partial charge in [-0.1, -0.05) is 0 Å². The first-order valence-electron chi connectivity index (χ1n) is 6.31. The fourth-order valence-electron chi connectivity index (χ4n) is 2.55. The van der Waals surface area contributed by atoms with Crippen LogP contribution in [0.25, 0.3) is 0 Å². The molecular weight excluding hydrogens is 202 g/mol. The van der Waals surface area contributed by atoms with E-state index in [1.54, 1.807) is 0 Å². The van der Waals surface area contributed by atoms with Crippen LogP contribution >= 0.6 is 0 Å². The number of rotatable bonds is 7. The second-order valence-corrected chi connectivity index (χ2v) is 5.14. The second-order valence-electron chi connectivity index (χ2n) is 5.14. The number of aliphatic hydroxyl groups excluding tert-OH is 1. The van der Waals surface area contributed by atoms with Crippen molar-refractivity contribution in [1.29, 1.82) is 0 Å². The molecule has 96 valence electrons. The number of aliphatic hydroxyl groups is 1. The van der Waals surface area contributed by atoms with Crippen LogP contribution in [0.5, 0.6) is 0 Å². The molecule has 2 atom stereocenters. The number of likely N-dealkylation sites (N-methyl/N-ethyl adjacent to an activating group) is 2. The molecule has 1 rings (SSSR count). The van der Waals surface area contributed by atoms with Crippen LogP contribution in [0.1, 0.15) is 12.8 Å². The van der Waals surface area contributed by atoms with E-state index in [0.29, 0.717) is 6.04 Å². The molecule has 0 aromatic heterocycles. The molecule has 0 spiro atoms. The maximum absolute atomic E-state index is 8.93. The summed E-state index contributed by atoms with van der Waals surface area (Å²) in [7, 11) is 6.35. The van der Waals surface area contributed by atoms with E-state index in [1.807, 2.05) is 7.05 Å². The van der Waals surface area contributed by atoms with Crippen LogP contribution < -0.4 is 5.32 Å². The van der Waals surface area contributed by atoms with Gasteiger partial charge in [0.25, 0.3) is 0 Å². The van der Waals surface area contributed by atoms with Gasteiger partial charge in [0.2, 0.25) is 0 Å². The molecular formula is C12H27N3O. The Morgan fingerprint density at radius 1 is 1.56 bits per heavy atom. The van der Waals surface area contributed by atoms with Gasteiger partial charge in [-0.25, -0.2) is 0 Å². The number of likely N-dealkylation sites (tertiary alicyclic amines) is 1. The number of nitrogens with one attached hydrogen (secondary N) is 1. The molecule has 1 heterocycles. The molecule has 0 aliphatic carbocycles. The summed E-state index contributed by atoms with van der Waals surface area (Å²) >= 11 is 0. The van der Waals surface area contributed by atoms with Gasteiger partial charge < -0.3 is 20.2 Å². The first-order chi connectivity index (χ1) is 7.65. The third-order valence-electron chi connectivity index (χ3n) is 3.48. The van der Waals surface area contributed by atoms with Crippen molar-refractivity contribution in [2.24, 2.45) is 5.92 Å². The van der Waals surface area contributed by atoms with E-state index in [9.17, 15) is 0 Å². The summed E-state index contributed by atoms with van der Waals surface area (Å²) in [5, 5.41) is 12.2. The van der Waals surface area contributed by atoms with E-state index in [2.05, 4.69) is 29.2 Å². The van der Waals surface area contributed by atoms with Gasteiger partial charge in [-0.15, -0.1) is 0 Å². The van der Waals surface area contributed by atoms with E-state index in [4.69, 9.17) is 5.11 Å². The fraction of sp³-hybridized carbons (Fsp3) is 1.00. The molecule has 4 heteroatoms. The third kappa shape index (κ3) is 4.78. The Morgan fingerprint density at radius 3 is 2.81 bits per heavy atom. The Labute approximate surface area is 99.6 Å². The molecule has 2 unspecified atom stereocenters. The lowest BCUT2D eigenvalue weighted by Crippen LogP contribution is -2.40. The summed E-state index contributed by atoms with van der Waals surface area (Å²) < 4.78 is 0. The Bertz CT molecular complexity index is 183. The summed E-state index contributed by atoms with van der Waals surface area (Å²) in [6.45, 7) is 4.94. The monoisotopic (exact) mass is 229 g/mol. The molecule has 1 saturated heterocycles. The smallest absolute Gasteiger partial charge is 0.0446 e. The highest BCUT2D eigenvalue weighted by molar-refractivity contribution is 4.77. The van der Waals surface area contributed by atoms with Gasteiger partial charge in [0.1, 0.15) is 0 Å². The van der Waals surface area contributed by atoms with Crippen LogP contribution in [0.3, 0.4) is 0 Å². The second kappa shape index (κ2) is 7.22. The fourth-order valence-corrected chi connectivity index (χ4v) is 2.55. The summed E-state index contributed by atoms with van der Waals surface area (Å²) in [5.41, 5.74) is 0. The van der Waals surface area contributed by atoms with Crippen molar-refractivity contribution in [3.8, 4) is 0 Å². The predicted molar refractivity (Wildman–Crippen MR) is 67.7 cm³/mol. The van der Waals surface area contributed by atoms with Crippen molar-refractivity contribution in [2.75, 3.05) is 53.9 Å². The molecule has 1 aliphatic heterocycles. The van der Waals surface area contributed by atoms with Crippen LogP contribution in [0.15, 0.2) is 0 Å². The van der Waals surface area contributed by atoms with E-state index in [-0.39, 0.29) is 6.61 Å². The maximum atomic E-state index is 8.93. The molecule has 0 aromatic carbocycles. The highest BCUT2D eigenvalue weighted by atomic mass is 16.3. The largest absolute Gasteiger partial charge is 0.396 e. The van der Waals surface area contributed by atoms with Gasteiger partial charge in [-0.2, -0.15) is 0 Å². The lowest BCUT2D eigenvalue weighted by Gasteiger charge is -2.25. The highest BCUT2D eigenvalue weighted by Gasteiger charge is 2.21. The average molecular weight is 229 g/mol. The van der Waals surface area contributed by atoms with E-state index < -0.39 is 0 Å². The van der Waals surface area contributed by atoms with Crippen LogP contribution in [-0.4, -0.2) is 74.9 Å². The van der Waals surface area contributed by atoms with Crippen LogP contribution in [0, 0.1) is 5.92 Å². The predicted octanol–water partition coefficient (Wildman–Crippen LogP) is -0.160. The first-order valence-corrected chi connectivity index (χ1v) is 6.31. The molecule has 2 N–H and O–H groups in total. The van der Waals surface area contributed by atoms with E-state index in [1.165, 1.54) is 26.1 Å². The Hall–Kier alpha value is -0.160. The number of hydrogen-bond acceptors (Lipinski definition) is 4. The standard InChI is InChI=1S/C12H27N3O/c1-13-12(5-7-16)10-15(3)9-11-4-6-14(2)8-11/h11-13,16H,4-10H2,1-3H3. The topological polar surface area (TPSA) is 38.7 Å². The van der Waals surface area contributed by atoms with Gasteiger partial charge in [-0.05, 0) is 46.4 Å². The van der Waals surface area contributed by atoms with E-state index >= 15 is 0 Å². The lowest BCUT2D eigenvalue weighted by atomic mass is 10.1. The molecule has 1 fully saturated rings. The quantitative estimate of drug-likeness (QED) is 0.636. The van der Waals surface area contributed by atoms with Crippen molar-refractivity contribution in [3.63, 3.8) is 0 Å². The van der Waals surface area contributed by atoms with Gasteiger partial charge >= 0.3 is 0 Å². The van der Waals surface area contributed by atoms with Crippen molar-refractivity contribution >= 4 is 0 Å². The molecule has 0 saturated carbocycles. The highest BCUT2D eigenvalue weighted by Crippen LogP contribution is 2.15. The molecule has 16 heavy (non-hydrogen) atoms. The summed E-state index contributed by atoms with van der Waals surface area (Å²) in [6, 6.07) is 0.411. The molecule has 4 nitrogen and oxygen atoms in total. The number of nitrogens with zero attached hydrogens (tertiary/aromatic N) is 2. The molecule has 0 radical (unpaired) electrons. The van der Waals surface area contributed by atoms with Gasteiger partial charge in [0.05, 0.1) is 0 Å². The van der Waals surface area contributed by atoms with Crippen molar-refractivity contribution in [1.82, 2.24) is 15.1 Å². The Morgan fingerprint density at radius 2 is 2.31 bits per heavy atom. The zero-order chi connectivity index (χ0) is 12.0. The zero-order valence-corrected chi connectivity index (χ0v) is 10.9. The molecule has 1 aliphatic rings. The first kappa shape index (κ1) is 13.9. The van der Waals surface area contributed by atoms with Crippen molar-refractivity contribution in [3.05, 3.63) is 0 Å². The Kier molecular flexibility index (Phi) is 6.28. The summed E-state index contributed by atoms with van der Waals surface area (Å²) in [5.74, 6) is 0.821. The van der Waals surface area contributed by atoms with Crippen molar-refractivity contribution in [2.45, 2.75) is 18.9 Å². The normalized spacial score (nSPS) is 24.2. The molecule has 0 aromatic rings. The molecule has 0 bridgehead atoms. The van der Waals surface area contributed by atoms with Crippen LogP contribution in [0.2, 0.25) is 0 Å². The third-order valence-corrected chi connectivity index (χ3v) is 3.48. The van der Waals surface area contributed by atoms with Crippen LogP contribution in [0.4, 0.5) is 0 Å². The minimum Gasteiger partial charge on any atom is -0.396 e. The summed E-state index contributed by atoms with van der Waals surface area (Å²) in [4.78, 5) is 4.79. The number of hydrogen-bond donors (Lipinski definition) is 2. The molecule has 0 amide bonds. The zero-order valence-electron chi connectivity index (χ0n) is 10.9. The maximum Gasteiger partial charge on any atom is 0.0446 e. The Balaban J connectivity index is 2.21. The average Bonchev–Trinajstić information content (AvgIpc) is 2.63. The van der Waals surface area contributed by atoms with Crippen molar-refractivity contribution < 1.29 is 5.11 Å². The van der Waals surface area contributed by atoms with Gasteiger partial charge in [0, 0.05) is 32.3 Å².